The van der Waals surface area contributed by atoms with Crippen molar-refractivity contribution in [3.05, 3.63) is 59.7 Å². The van der Waals surface area contributed by atoms with E-state index in [4.69, 9.17) is 0 Å². The second-order valence-electron chi connectivity index (χ2n) is 7.54. The number of aryl methyl sites for hydroxylation is 1. The molecule has 26 heavy (non-hydrogen) atoms. The summed E-state index contributed by atoms with van der Waals surface area (Å²) < 4.78 is 0. The van der Waals surface area contributed by atoms with E-state index < -0.39 is 5.60 Å². The van der Waals surface area contributed by atoms with Crippen LogP contribution in [-0.2, 0) is 5.60 Å². The van der Waals surface area contributed by atoms with Gasteiger partial charge < -0.3 is 10.0 Å². The first-order chi connectivity index (χ1) is 12.6. The monoisotopic (exact) mass is 351 g/mol. The highest BCUT2D eigenvalue weighted by Crippen LogP contribution is 2.47. The third-order valence-corrected chi connectivity index (χ3v) is 6.01. The predicted molar refractivity (Wildman–Crippen MR) is 98.5 cm³/mol. The summed E-state index contributed by atoms with van der Waals surface area (Å²) in [6, 6.07) is 10.00. The van der Waals surface area contributed by atoms with Crippen LogP contribution in [0.2, 0.25) is 0 Å². The lowest BCUT2D eigenvalue weighted by molar-refractivity contribution is -0.110. The third kappa shape index (κ3) is 2.90. The first-order valence-corrected chi connectivity index (χ1v) is 9.47. The molecule has 5 heteroatoms. The Morgan fingerprint density at radius 3 is 2.65 bits per heavy atom. The number of hydrogen-bond donors (Lipinski definition) is 1. The molecule has 1 saturated heterocycles. The van der Waals surface area contributed by atoms with Crippen molar-refractivity contribution < 1.29 is 9.90 Å². The van der Waals surface area contributed by atoms with Gasteiger partial charge >= 0.3 is 0 Å². The predicted octanol–water partition coefficient (Wildman–Crippen LogP) is 3.08. The first-order valence-electron chi connectivity index (χ1n) is 9.47. The number of rotatable bonds is 2. The Hall–Kier alpha value is -2.27. The first kappa shape index (κ1) is 17.2. The van der Waals surface area contributed by atoms with E-state index in [1.165, 1.54) is 0 Å². The van der Waals surface area contributed by atoms with Gasteiger partial charge in [0.2, 0.25) is 0 Å². The SMILES string of the molecule is Cc1cnc(C(=O)N2CC[C@@](O)(c3ccccc3)[C@@H]3CCCC[C@@H]32)cn1. The summed E-state index contributed by atoms with van der Waals surface area (Å²) >= 11 is 0. The van der Waals surface area contributed by atoms with E-state index in [0.29, 0.717) is 18.7 Å². The van der Waals surface area contributed by atoms with Crippen LogP contribution in [0.3, 0.4) is 0 Å². The zero-order valence-corrected chi connectivity index (χ0v) is 15.1. The Morgan fingerprint density at radius 1 is 1.15 bits per heavy atom. The highest BCUT2D eigenvalue weighted by molar-refractivity contribution is 5.92. The van der Waals surface area contributed by atoms with E-state index >= 15 is 0 Å². The second-order valence-corrected chi connectivity index (χ2v) is 7.54. The van der Waals surface area contributed by atoms with E-state index in [-0.39, 0.29) is 17.9 Å². The van der Waals surface area contributed by atoms with Crippen LogP contribution in [0, 0.1) is 12.8 Å². The highest BCUT2D eigenvalue weighted by atomic mass is 16.3. The number of fused-ring (bicyclic) bond motifs is 1. The van der Waals surface area contributed by atoms with Gasteiger partial charge in [-0.2, -0.15) is 0 Å². The summed E-state index contributed by atoms with van der Waals surface area (Å²) in [5, 5.41) is 11.6. The maximum atomic E-state index is 13.1. The van der Waals surface area contributed by atoms with Gasteiger partial charge in [-0.15, -0.1) is 0 Å². The van der Waals surface area contributed by atoms with Crippen LogP contribution in [0.25, 0.3) is 0 Å². The van der Waals surface area contributed by atoms with E-state index in [2.05, 4.69) is 9.97 Å². The minimum atomic E-state index is -0.859. The molecule has 2 fully saturated rings. The highest BCUT2D eigenvalue weighted by Gasteiger charge is 2.50. The molecule has 1 aromatic carbocycles. The van der Waals surface area contributed by atoms with Crippen LogP contribution >= 0.6 is 0 Å². The summed E-state index contributed by atoms with van der Waals surface area (Å²) in [4.78, 5) is 23.5. The molecule has 1 saturated carbocycles. The number of piperidine rings is 1. The zero-order valence-electron chi connectivity index (χ0n) is 15.1. The quantitative estimate of drug-likeness (QED) is 0.903. The number of hydrogen-bond acceptors (Lipinski definition) is 4. The molecule has 4 rings (SSSR count). The van der Waals surface area contributed by atoms with Crippen LogP contribution in [0.5, 0.6) is 0 Å². The van der Waals surface area contributed by atoms with E-state index in [9.17, 15) is 9.90 Å². The molecule has 1 amide bonds. The van der Waals surface area contributed by atoms with Crippen LogP contribution in [0.4, 0.5) is 0 Å². The average molecular weight is 351 g/mol. The molecule has 1 aromatic heterocycles. The van der Waals surface area contributed by atoms with Gasteiger partial charge in [0.15, 0.2) is 0 Å². The van der Waals surface area contributed by atoms with E-state index in [1.54, 1.807) is 12.4 Å². The van der Waals surface area contributed by atoms with Crippen molar-refractivity contribution in [2.24, 2.45) is 5.92 Å². The molecule has 0 radical (unpaired) electrons. The number of amides is 1. The van der Waals surface area contributed by atoms with Gasteiger partial charge in [0.1, 0.15) is 5.69 Å². The second kappa shape index (κ2) is 6.80. The average Bonchev–Trinajstić information content (AvgIpc) is 2.69. The number of carbonyl (C=O) groups excluding carboxylic acids is 1. The van der Waals surface area contributed by atoms with Crippen molar-refractivity contribution in [3.8, 4) is 0 Å². The number of likely N-dealkylation sites (tertiary alicyclic amines) is 1. The van der Waals surface area contributed by atoms with Gasteiger partial charge in [-0.05, 0) is 31.7 Å². The van der Waals surface area contributed by atoms with Gasteiger partial charge in [0.25, 0.3) is 5.91 Å². The van der Waals surface area contributed by atoms with Crippen molar-refractivity contribution in [3.63, 3.8) is 0 Å². The minimum Gasteiger partial charge on any atom is -0.385 e. The van der Waals surface area contributed by atoms with Crippen LogP contribution in [-0.4, -0.2) is 38.5 Å². The molecular formula is C21H25N3O2. The third-order valence-electron chi connectivity index (χ3n) is 6.01. The Labute approximate surface area is 154 Å². The molecule has 1 N–H and O–H groups in total. The molecule has 3 atom stereocenters. The molecule has 2 heterocycles. The van der Waals surface area contributed by atoms with E-state index in [1.807, 2.05) is 42.2 Å². The maximum absolute atomic E-state index is 13.1. The standard InChI is InChI=1S/C21H25N3O2/c1-15-13-23-18(14-22-15)20(25)24-12-11-21(26,16-7-3-2-4-8-16)17-9-5-6-10-19(17)24/h2-4,7-8,13-14,17,19,26H,5-6,9-12H2,1H3/t17-,19+,21-/m1/s1. The lowest BCUT2D eigenvalue weighted by atomic mass is 9.66. The minimum absolute atomic E-state index is 0.0540. The molecule has 136 valence electrons. The van der Waals surface area contributed by atoms with Gasteiger partial charge in [0.05, 0.1) is 17.5 Å². The summed E-state index contributed by atoms with van der Waals surface area (Å²) in [5.74, 6) is -0.000677. The van der Waals surface area contributed by atoms with Crippen molar-refractivity contribution in [2.45, 2.75) is 50.7 Å². The Kier molecular flexibility index (Phi) is 4.49. The fraction of sp³-hybridized carbons (Fsp3) is 0.476. The van der Waals surface area contributed by atoms with Crippen molar-refractivity contribution in [2.75, 3.05) is 6.54 Å². The number of nitrogens with zero attached hydrogens (tertiary/aromatic N) is 3. The Balaban J connectivity index is 1.64. The molecule has 0 bridgehead atoms. The molecule has 1 aliphatic carbocycles. The molecule has 0 spiro atoms. The Bertz CT molecular complexity index is 778. The normalized spacial score (nSPS) is 28.5. The Morgan fingerprint density at radius 2 is 1.92 bits per heavy atom. The van der Waals surface area contributed by atoms with Crippen molar-refractivity contribution in [1.82, 2.24) is 14.9 Å². The summed E-state index contributed by atoms with van der Waals surface area (Å²) in [5.41, 5.74) is 1.31. The molecule has 2 aliphatic rings. The van der Waals surface area contributed by atoms with Gasteiger partial charge in [-0.3, -0.25) is 9.78 Å². The number of carbonyl (C=O) groups is 1. The fourth-order valence-electron chi connectivity index (χ4n) is 4.67. The topological polar surface area (TPSA) is 66.3 Å². The van der Waals surface area contributed by atoms with Crippen molar-refractivity contribution in [1.29, 1.82) is 0 Å². The zero-order chi connectivity index (χ0) is 18.1. The van der Waals surface area contributed by atoms with Gasteiger partial charge in [0, 0.05) is 24.7 Å². The number of aliphatic hydroxyl groups is 1. The molecule has 0 unspecified atom stereocenters. The summed E-state index contributed by atoms with van der Waals surface area (Å²) in [6.45, 7) is 2.40. The molecule has 1 aliphatic heterocycles. The van der Waals surface area contributed by atoms with Crippen LogP contribution in [0.15, 0.2) is 42.7 Å². The smallest absolute Gasteiger partial charge is 0.274 e. The van der Waals surface area contributed by atoms with Gasteiger partial charge in [-0.1, -0.05) is 43.2 Å². The maximum Gasteiger partial charge on any atom is 0.274 e. The van der Waals surface area contributed by atoms with Crippen LogP contribution < -0.4 is 0 Å². The molecule has 2 aromatic rings. The lowest BCUT2D eigenvalue weighted by Crippen LogP contribution is -2.59. The molecule has 5 nitrogen and oxygen atoms in total. The summed E-state index contributed by atoms with van der Waals surface area (Å²) in [6.07, 6.45) is 7.83. The lowest BCUT2D eigenvalue weighted by Gasteiger charge is -2.52. The number of benzene rings is 1. The van der Waals surface area contributed by atoms with Crippen molar-refractivity contribution >= 4 is 5.91 Å². The fourth-order valence-corrected chi connectivity index (χ4v) is 4.67. The largest absolute Gasteiger partial charge is 0.385 e. The molecular weight excluding hydrogens is 326 g/mol. The summed E-state index contributed by atoms with van der Waals surface area (Å²) in [7, 11) is 0. The van der Waals surface area contributed by atoms with E-state index in [0.717, 1.165) is 36.9 Å². The number of aromatic nitrogens is 2. The van der Waals surface area contributed by atoms with Gasteiger partial charge in [-0.25, -0.2) is 4.98 Å². The van der Waals surface area contributed by atoms with Crippen LogP contribution in [0.1, 0.15) is 53.8 Å².